The third kappa shape index (κ3) is 4.42. The summed E-state index contributed by atoms with van der Waals surface area (Å²) >= 11 is 0. The van der Waals surface area contributed by atoms with Gasteiger partial charge in [-0.25, -0.2) is 8.78 Å². The fraction of sp³-hybridized carbons (Fsp3) is 0.235. The Morgan fingerprint density at radius 1 is 1.04 bits per heavy atom. The molecule has 23 heavy (non-hydrogen) atoms. The van der Waals surface area contributed by atoms with Gasteiger partial charge in [-0.2, -0.15) is 0 Å². The van der Waals surface area contributed by atoms with Gasteiger partial charge in [0.15, 0.2) is 0 Å². The highest BCUT2D eigenvalue weighted by Crippen LogP contribution is 2.22. The van der Waals surface area contributed by atoms with Gasteiger partial charge in [0.25, 0.3) is 5.91 Å². The highest BCUT2D eigenvalue weighted by molar-refractivity contribution is 5.95. The maximum absolute atomic E-state index is 13.5. The van der Waals surface area contributed by atoms with Gasteiger partial charge in [0.2, 0.25) is 0 Å². The van der Waals surface area contributed by atoms with Gasteiger partial charge in [-0.15, -0.1) is 0 Å². The first kappa shape index (κ1) is 16.7. The number of halogens is 2. The summed E-state index contributed by atoms with van der Waals surface area (Å²) in [5, 5.41) is 2.68. The minimum atomic E-state index is -0.626. The molecule has 0 aliphatic carbocycles. The second-order valence-corrected chi connectivity index (χ2v) is 4.84. The molecule has 0 unspecified atom stereocenters. The molecule has 0 aromatic heterocycles. The summed E-state index contributed by atoms with van der Waals surface area (Å²) < 4.78 is 36.5. The zero-order valence-electron chi connectivity index (χ0n) is 12.9. The van der Waals surface area contributed by atoms with Crippen LogP contribution in [0.3, 0.4) is 0 Å². The van der Waals surface area contributed by atoms with E-state index >= 15 is 0 Å². The number of carbonyl (C=O) groups excluding carboxylic acids is 1. The lowest BCUT2D eigenvalue weighted by atomic mass is 10.1. The van der Waals surface area contributed by atoms with Crippen molar-refractivity contribution in [1.29, 1.82) is 0 Å². The van der Waals surface area contributed by atoms with E-state index in [1.807, 2.05) is 0 Å². The Balaban J connectivity index is 1.99. The van der Waals surface area contributed by atoms with Crippen molar-refractivity contribution in [3.63, 3.8) is 0 Å². The van der Waals surface area contributed by atoms with Crippen molar-refractivity contribution in [2.75, 3.05) is 20.8 Å². The normalized spacial score (nSPS) is 10.3. The summed E-state index contributed by atoms with van der Waals surface area (Å²) in [6.07, 6.45) is 0.263. The van der Waals surface area contributed by atoms with Crippen molar-refractivity contribution < 1.29 is 23.0 Å². The van der Waals surface area contributed by atoms with E-state index in [0.717, 1.165) is 6.07 Å². The molecule has 0 heterocycles. The molecule has 0 saturated carbocycles. The van der Waals surface area contributed by atoms with E-state index in [1.54, 1.807) is 18.2 Å². The van der Waals surface area contributed by atoms with E-state index in [9.17, 15) is 13.6 Å². The van der Waals surface area contributed by atoms with Crippen LogP contribution in [0.1, 0.15) is 15.9 Å². The van der Waals surface area contributed by atoms with E-state index in [-0.39, 0.29) is 18.9 Å². The predicted octanol–water partition coefficient (Wildman–Crippen LogP) is 2.95. The Hall–Kier alpha value is -2.63. The molecule has 1 amide bonds. The first-order chi connectivity index (χ1) is 11.0. The number of benzene rings is 2. The van der Waals surface area contributed by atoms with Crippen LogP contribution in [0.4, 0.5) is 8.78 Å². The average Bonchev–Trinajstić information content (AvgIpc) is 2.56. The number of ether oxygens (including phenoxy) is 2. The third-order valence-electron chi connectivity index (χ3n) is 3.31. The Kier molecular flexibility index (Phi) is 5.51. The Labute approximate surface area is 133 Å². The summed E-state index contributed by atoms with van der Waals surface area (Å²) in [5.41, 5.74) is 0.718. The van der Waals surface area contributed by atoms with Crippen LogP contribution in [0.15, 0.2) is 36.4 Å². The molecule has 0 aliphatic heterocycles. The van der Waals surface area contributed by atoms with Crippen molar-refractivity contribution in [3.8, 4) is 11.5 Å². The van der Waals surface area contributed by atoms with Gasteiger partial charge < -0.3 is 14.8 Å². The van der Waals surface area contributed by atoms with Gasteiger partial charge in [0.05, 0.1) is 14.2 Å². The van der Waals surface area contributed by atoms with Crippen LogP contribution in [0.2, 0.25) is 0 Å². The third-order valence-corrected chi connectivity index (χ3v) is 3.31. The lowest BCUT2D eigenvalue weighted by Gasteiger charge is -2.09. The second kappa shape index (κ2) is 7.58. The standard InChI is InChI=1S/C17H17F2NO3/c1-22-14-7-12(8-15(10-14)23-2)17(21)20-6-5-11-3-4-13(18)9-16(11)19/h3-4,7-10H,5-6H2,1-2H3,(H,20,21). The molecule has 0 spiro atoms. The van der Waals surface area contributed by atoms with Gasteiger partial charge in [-0.05, 0) is 30.2 Å². The lowest BCUT2D eigenvalue weighted by Crippen LogP contribution is -2.26. The van der Waals surface area contributed by atoms with Gasteiger partial charge in [-0.3, -0.25) is 4.79 Å². The van der Waals surface area contributed by atoms with Gasteiger partial charge in [-0.1, -0.05) is 6.07 Å². The van der Waals surface area contributed by atoms with Crippen molar-refractivity contribution in [2.45, 2.75) is 6.42 Å². The van der Waals surface area contributed by atoms with E-state index in [1.165, 1.54) is 26.4 Å². The largest absolute Gasteiger partial charge is 0.497 e. The molecular weight excluding hydrogens is 304 g/mol. The number of nitrogens with one attached hydrogen (secondary N) is 1. The Morgan fingerprint density at radius 2 is 1.70 bits per heavy atom. The predicted molar refractivity (Wildman–Crippen MR) is 81.9 cm³/mol. The molecule has 6 heteroatoms. The molecule has 0 radical (unpaired) electrons. The average molecular weight is 321 g/mol. The van der Waals surface area contributed by atoms with E-state index in [0.29, 0.717) is 22.6 Å². The van der Waals surface area contributed by atoms with Crippen molar-refractivity contribution in [2.24, 2.45) is 0 Å². The maximum atomic E-state index is 13.5. The molecule has 122 valence electrons. The van der Waals surface area contributed by atoms with Crippen LogP contribution in [0.25, 0.3) is 0 Å². The summed E-state index contributed by atoms with van der Waals surface area (Å²) in [5.74, 6) is -0.580. The molecule has 0 atom stereocenters. The molecular formula is C17H17F2NO3. The smallest absolute Gasteiger partial charge is 0.251 e. The highest BCUT2D eigenvalue weighted by Gasteiger charge is 2.10. The molecule has 0 aliphatic rings. The monoisotopic (exact) mass is 321 g/mol. The van der Waals surface area contributed by atoms with Crippen molar-refractivity contribution >= 4 is 5.91 Å². The summed E-state index contributed by atoms with van der Waals surface area (Å²) in [7, 11) is 2.99. The SMILES string of the molecule is COc1cc(OC)cc(C(=O)NCCc2ccc(F)cc2F)c1. The number of hydrogen-bond donors (Lipinski definition) is 1. The van der Waals surface area contributed by atoms with E-state index in [2.05, 4.69) is 5.32 Å². The molecule has 0 bridgehead atoms. The second-order valence-electron chi connectivity index (χ2n) is 4.84. The molecule has 2 aromatic carbocycles. The minimum Gasteiger partial charge on any atom is -0.497 e. The number of carbonyl (C=O) groups is 1. The fourth-order valence-electron chi connectivity index (χ4n) is 2.08. The van der Waals surface area contributed by atoms with Crippen LogP contribution in [0.5, 0.6) is 11.5 Å². The molecule has 2 aromatic rings. The number of hydrogen-bond acceptors (Lipinski definition) is 3. The topological polar surface area (TPSA) is 47.6 Å². The van der Waals surface area contributed by atoms with Crippen LogP contribution in [-0.4, -0.2) is 26.7 Å². The fourth-order valence-corrected chi connectivity index (χ4v) is 2.08. The summed E-state index contributed by atoms with van der Waals surface area (Å²) in [4.78, 5) is 12.1. The number of methoxy groups -OCH3 is 2. The molecule has 1 N–H and O–H groups in total. The molecule has 4 nitrogen and oxygen atoms in total. The van der Waals surface area contributed by atoms with Crippen LogP contribution < -0.4 is 14.8 Å². The van der Waals surface area contributed by atoms with Crippen LogP contribution in [0, 0.1) is 11.6 Å². The number of rotatable bonds is 6. The molecule has 0 saturated heterocycles. The van der Waals surface area contributed by atoms with Crippen molar-refractivity contribution in [3.05, 3.63) is 59.2 Å². The lowest BCUT2D eigenvalue weighted by molar-refractivity contribution is 0.0953. The van der Waals surface area contributed by atoms with E-state index in [4.69, 9.17) is 9.47 Å². The highest BCUT2D eigenvalue weighted by atomic mass is 19.1. The molecule has 2 rings (SSSR count). The minimum absolute atomic E-state index is 0.223. The number of amides is 1. The zero-order valence-corrected chi connectivity index (χ0v) is 12.9. The summed E-state index contributed by atoms with van der Waals surface area (Å²) in [6, 6.07) is 8.19. The maximum Gasteiger partial charge on any atom is 0.251 e. The van der Waals surface area contributed by atoms with Crippen LogP contribution >= 0.6 is 0 Å². The zero-order chi connectivity index (χ0) is 16.8. The Morgan fingerprint density at radius 3 is 2.26 bits per heavy atom. The first-order valence-corrected chi connectivity index (χ1v) is 6.98. The van der Waals surface area contributed by atoms with E-state index < -0.39 is 11.6 Å². The first-order valence-electron chi connectivity index (χ1n) is 6.98. The summed E-state index contributed by atoms with van der Waals surface area (Å²) in [6.45, 7) is 0.223. The van der Waals surface area contributed by atoms with Gasteiger partial charge in [0.1, 0.15) is 23.1 Å². The Bertz CT molecular complexity index is 682. The quantitative estimate of drug-likeness (QED) is 0.890. The van der Waals surface area contributed by atoms with Crippen LogP contribution in [-0.2, 0) is 6.42 Å². The van der Waals surface area contributed by atoms with Gasteiger partial charge in [0, 0.05) is 24.2 Å². The molecule has 0 fully saturated rings. The van der Waals surface area contributed by atoms with Crippen molar-refractivity contribution in [1.82, 2.24) is 5.32 Å². The van der Waals surface area contributed by atoms with Gasteiger partial charge >= 0.3 is 0 Å².